The minimum Gasteiger partial charge on any atom is -0.310 e. The highest BCUT2D eigenvalue weighted by molar-refractivity contribution is 6.12. The van der Waals surface area contributed by atoms with Crippen LogP contribution in [-0.4, -0.2) is 4.57 Å². The molecule has 1 heterocycles. The maximum absolute atomic E-state index is 2.46. The Morgan fingerprint density at radius 2 is 0.961 bits per heavy atom. The first kappa shape index (κ1) is 30.7. The highest BCUT2D eigenvalue weighted by Gasteiger charge is 2.19. The number of rotatable bonds is 7. The Balaban J connectivity index is 1.13. The molecule has 0 amide bonds. The van der Waals surface area contributed by atoms with Gasteiger partial charge in [-0.25, -0.2) is 0 Å². The van der Waals surface area contributed by atoms with Crippen LogP contribution in [0.25, 0.3) is 60.9 Å². The molecule has 2 heteroatoms. The molecule has 244 valence electrons. The molecule has 9 rings (SSSR count). The van der Waals surface area contributed by atoms with Crippen molar-refractivity contribution in [3.8, 4) is 33.4 Å². The van der Waals surface area contributed by atoms with Crippen LogP contribution in [0.2, 0.25) is 0 Å². The third-order valence-corrected chi connectivity index (χ3v) is 10.1. The predicted octanol–water partition coefficient (Wildman–Crippen LogP) is 13.7. The fourth-order valence-electron chi connectivity index (χ4n) is 7.52. The number of nitrogens with zero attached hydrogens (tertiary/aromatic N) is 2. The van der Waals surface area contributed by atoms with Crippen LogP contribution in [0.1, 0.15) is 13.3 Å². The third kappa shape index (κ3) is 5.85. The van der Waals surface area contributed by atoms with E-state index in [-0.39, 0.29) is 0 Å². The summed E-state index contributed by atoms with van der Waals surface area (Å²) in [6.45, 7) is 2.30. The lowest BCUT2D eigenvalue weighted by Gasteiger charge is -2.25. The molecule has 0 radical (unpaired) electrons. The Hall–Kier alpha value is -6.38. The zero-order chi connectivity index (χ0) is 34.1. The molecule has 1 aliphatic carbocycles. The zero-order valence-electron chi connectivity index (χ0n) is 28.7. The average Bonchev–Trinajstić information content (AvgIpc) is 3.52. The second-order valence-corrected chi connectivity index (χ2v) is 13.5. The first-order valence-corrected chi connectivity index (χ1v) is 17.8. The number of anilines is 3. The van der Waals surface area contributed by atoms with Crippen molar-refractivity contribution in [1.82, 2.24) is 4.57 Å². The quantitative estimate of drug-likeness (QED) is 0.166. The smallest absolute Gasteiger partial charge is 0.0561 e. The Morgan fingerprint density at radius 1 is 0.451 bits per heavy atom. The van der Waals surface area contributed by atoms with Gasteiger partial charge in [-0.05, 0) is 100 Å². The van der Waals surface area contributed by atoms with Gasteiger partial charge in [0.1, 0.15) is 0 Å². The topological polar surface area (TPSA) is 8.17 Å². The van der Waals surface area contributed by atoms with Gasteiger partial charge in [0, 0.05) is 33.5 Å². The first-order chi connectivity index (χ1) is 25.2. The van der Waals surface area contributed by atoms with Gasteiger partial charge in [-0.15, -0.1) is 0 Å². The molecular weight excluding hydrogens is 617 g/mol. The number of hydrogen-bond donors (Lipinski definition) is 0. The molecule has 0 N–H and O–H groups in total. The van der Waals surface area contributed by atoms with E-state index in [0.717, 1.165) is 23.5 Å². The summed E-state index contributed by atoms with van der Waals surface area (Å²) in [7, 11) is 0. The Morgan fingerprint density at radius 3 is 1.53 bits per heavy atom. The highest BCUT2D eigenvalue weighted by atomic mass is 15.1. The SMILES string of the molecule is CC1C=C(n2c3ccc(-c4ccc(-c5ccc(-c6ccccc6)cc5)cc4)cc3c3ccc(N(c4ccccc4)c4ccccc4)cc32)C=CC1. The van der Waals surface area contributed by atoms with E-state index in [1.165, 1.54) is 60.9 Å². The third-order valence-electron chi connectivity index (χ3n) is 10.1. The van der Waals surface area contributed by atoms with Crippen LogP contribution in [0.4, 0.5) is 17.1 Å². The molecule has 0 bridgehead atoms. The summed E-state index contributed by atoms with van der Waals surface area (Å²) in [6, 6.07) is 63.6. The van der Waals surface area contributed by atoms with Crippen LogP contribution in [0, 0.1) is 5.92 Å². The predicted molar refractivity (Wildman–Crippen MR) is 218 cm³/mol. The van der Waals surface area contributed by atoms with Crippen molar-refractivity contribution >= 4 is 44.6 Å². The first-order valence-electron chi connectivity index (χ1n) is 17.8. The fraction of sp³-hybridized carbons (Fsp3) is 0.0612. The molecule has 0 saturated heterocycles. The van der Waals surface area contributed by atoms with Crippen molar-refractivity contribution in [2.45, 2.75) is 13.3 Å². The summed E-state index contributed by atoms with van der Waals surface area (Å²) in [5.74, 6) is 0.484. The van der Waals surface area contributed by atoms with Crippen LogP contribution in [0.15, 0.2) is 194 Å². The van der Waals surface area contributed by atoms with Gasteiger partial charge in [0.05, 0.1) is 11.0 Å². The summed E-state index contributed by atoms with van der Waals surface area (Å²) >= 11 is 0. The van der Waals surface area contributed by atoms with Crippen molar-refractivity contribution in [1.29, 1.82) is 0 Å². The number of fused-ring (bicyclic) bond motifs is 3. The standard InChI is InChI=1S/C49H38N2/c1-35-12-11-19-44(32-35)51-48-31-28-41(40-26-24-39(25-27-40)38-22-20-37(21-23-38)36-13-5-2-6-14-36)33-47(48)46-30-29-45(34-49(46)51)50(42-15-7-3-8-16-42)43-17-9-4-10-18-43/h2-11,13-35H,12H2,1H3. The monoisotopic (exact) mass is 654 g/mol. The molecule has 0 spiro atoms. The van der Waals surface area contributed by atoms with Gasteiger partial charge in [0.25, 0.3) is 0 Å². The van der Waals surface area contributed by atoms with Gasteiger partial charge in [0.15, 0.2) is 0 Å². The fourth-order valence-corrected chi connectivity index (χ4v) is 7.52. The van der Waals surface area contributed by atoms with E-state index in [1.54, 1.807) is 0 Å². The van der Waals surface area contributed by atoms with Crippen molar-refractivity contribution in [3.05, 3.63) is 194 Å². The molecule has 8 aromatic rings. The van der Waals surface area contributed by atoms with E-state index >= 15 is 0 Å². The molecule has 2 nitrogen and oxygen atoms in total. The van der Waals surface area contributed by atoms with Crippen molar-refractivity contribution in [2.24, 2.45) is 5.92 Å². The summed E-state index contributed by atoms with van der Waals surface area (Å²) in [6.07, 6.45) is 8.08. The molecule has 51 heavy (non-hydrogen) atoms. The van der Waals surface area contributed by atoms with Gasteiger partial charge < -0.3 is 9.47 Å². The lowest BCUT2D eigenvalue weighted by atomic mass is 9.97. The molecular formula is C49H38N2. The molecule has 7 aromatic carbocycles. The largest absolute Gasteiger partial charge is 0.310 e. The van der Waals surface area contributed by atoms with Crippen LogP contribution in [0.5, 0.6) is 0 Å². The van der Waals surface area contributed by atoms with Crippen LogP contribution < -0.4 is 4.90 Å². The normalized spacial score (nSPS) is 14.1. The Kier molecular flexibility index (Phi) is 7.91. The van der Waals surface area contributed by atoms with E-state index in [4.69, 9.17) is 0 Å². The van der Waals surface area contributed by atoms with Crippen LogP contribution >= 0.6 is 0 Å². The molecule has 0 fully saturated rings. The average molecular weight is 655 g/mol. The van der Waals surface area contributed by atoms with Gasteiger partial charge in [-0.1, -0.05) is 146 Å². The Labute approximate surface area is 299 Å². The number of allylic oxidation sites excluding steroid dienone is 4. The van der Waals surface area contributed by atoms with Gasteiger partial charge in [-0.3, -0.25) is 0 Å². The summed E-state index contributed by atoms with van der Waals surface area (Å²) in [5, 5.41) is 2.51. The maximum Gasteiger partial charge on any atom is 0.0561 e. The van der Waals surface area contributed by atoms with E-state index < -0.39 is 0 Å². The van der Waals surface area contributed by atoms with E-state index in [1.807, 2.05) is 0 Å². The number of hydrogen-bond acceptors (Lipinski definition) is 1. The zero-order valence-corrected chi connectivity index (χ0v) is 28.7. The maximum atomic E-state index is 2.46. The molecule has 0 aliphatic heterocycles. The lowest BCUT2D eigenvalue weighted by molar-refractivity contribution is 0.735. The number of para-hydroxylation sites is 2. The van der Waals surface area contributed by atoms with Crippen LogP contribution in [0.3, 0.4) is 0 Å². The molecule has 1 unspecified atom stereocenters. The summed E-state index contributed by atoms with van der Waals surface area (Å²) in [4.78, 5) is 2.34. The second kappa shape index (κ2) is 13.2. The Bertz CT molecular complexity index is 2480. The van der Waals surface area contributed by atoms with Crippen molar-refractivity contribution in [3.63, 3.8) is 0 Å². The van der Waals surface area contributed by atoms with E-state index in [9.17, 15) is 0 Å². The number of benzene rings is 7. The summed E-state index contributed by atoms with van der Waals surface area (Å²) < 4.78 is 2.46. The van der Waals surface area contributed by atoms with Crippen molar-refractivity contribution < 1.29 is 0 Å². The molecule has 1 aliphatic rings. The lowest BCUT2D eigenvalue weighted by Crippen LogP contribution is -2.10. The van der Waals surface area contributed by atoms with Gasteiger partial charge in [-0.2, -0.15) is 0 Å². The van der Waals surface area contributed by atoms with Gasteiger partial charge in [0.2, 0.25) is 0 Å². The second-order valence-electron chi connectivity index (χ2n) is 13.5. The van der Waals surface area contributed by atoms with Crippen molar-refractivity contribution in [2.75, 3.05) is 4.90 Å². The van der Waals surface area contributed by atoms with Gasteiger partial charge >= 0.3 is 0 Å². The summed E-state index contributed by atoms with van der Waals surface area (Å²) in [5.41, 5.74) is 14.4. The minimum absolute atomic E-state index is 0.484. The van der Waals surface area contributed by atoms with E-state index in [0.29, 0.717) is 5.92 Å². The molecule has 1 aromatic heterocycles. The number of aromatic nitrogens is 1. The molecule has 1 atom stereocenters. The van der Waals surface area contributed by atoms with E-state index in [2.05, 4.69) is 211 Å². The molecule has 0 saturated carbocycles. The highest BCUT2D eigenvalue weighted by Crippen LogP contribution is 2.41. The van der Waals surface area contributed by atoms with Crippen LogP contribution in [-0.2, 0) is 0 Å². The minimum atomic E-state index is 0.484.